The normalized spacial score (nSPS) is 19.2. The van der Waals surface area contributed by atoms with Gasteiger partial charge in [-0.2, -0.15) is 0 Å². The second kappa shape index (κ2) is 7.11. The van der Waals surface area contributed by atoms with E-state index in [9.17, 15) is 5.11 Å². The van der Waals surface area contributed by atoms with Gasteiger partial charge in [0.1, 0.15) is 0 Å². The number of piperazine rings is 1. The summed E-state index contributed by atoms with van der Waals surface area (Å²) in [4.78, 5) is 2.46. The number of nitrogens with two attached hydrogens (primary N) is 1. The van der Waals surface area contributed by atoms with Gasteiger partial charge in [0.15, 0.2) is 11.5 Å². The minimum atomic E-state index is -0.0669. The second-order valence-corrected chi connectivity index (χ2v) is 5.85. The summed E-state index contributed by atoms with van der Waals surface area (Å²) in [6.07, 6.45) is 0.851. The van der Waals surface area contributed by atoms with E-state index < -0.39 is 0 Å². The molecule has 1 atom stereocenters. The quantitative estimate of drug-likeness (QED) is 0.729. The Kier molecular flexibility index (Phi) is 5.45. The lowest BCUT2D eigenvalue weighted by Gasteiger charge is -2.43. The van der Waals surface area contributed by atoms with E-state index in [1.54, 1.807) is 6.07 Å². The van der Waals surface area contributed by atoms with Crippen LogP contribution in [0.4, 0.5) is 0 Å². The number of rotatable bonds is 6. The summed E-state index contributed by atoms with van der Waals surface area (Å²) in [5.74, 6) is 0.743. The van der Waals surface area contributed by atoms with E-state index >= 15 is 0 Å². The van der Waals surface area contributed by atoms with Gasteiger partial charge in [-0.05, 0) is 38.0 Å². The maximum atomic E-state index is 9.80. The first kappa shape index (κ1) is 16.1. The number of nitrogens with one attached hydrogen (secondary N) is 1. The SMILES string of the molecule is CCOc1cc(CC(C)(CN)N2CCNCC2)ccc1O. The summed E-state index contributed by atoms with van der Waals surface area (Å²) in [6, 6.07) is 5.58. The summed E-state index contributed by atoms with van der Waals surface area (Å²) in [7, 11) is 0. The van der Waals surface area contributed by atoms with E-state index in [0.717, 1.165) is 38.2 Å². The van der Waals surface area contributed by atoms with Crippen LogP contribution in [0.5, 0.6) is 11.5 Å². The van der Waals surface area contributed by atoms with Crippen LogP contribution >= 0.6 is 0 Å². The topological polar surface area (TPSA) is 70.8 Å². The minimum Gasteiger partial charge on any atom is -0.504 e. The lowest BCUT2D eigenvalue weighted by Crippen LogP contribution is -2.59. The Morgan fingerprint density at radius 2 is 2.10 bits per heavy atom. The van der Waals surface area contributed by atoms with E-state index in [-0.39, 0.29) is 11.3 Å². The number of nitrogens with zero attached hydrogens (tertiary/aromatic N) is 1. The molecule has 1 aromatic carbocycles. The molecule has 0 aliphatic carbocycles. The van der Waals surface area contributed by atoms with Crippen LogP contribution < -0.4 is 15.8 Å². The van der Waals surface area contributed by atoms with Crippen molar-refractivity contribution in [1.82, 2.24) is 10.2 Å². The molecule has 4 N–H and O–H groups in total. The number of ether oxygens (including phenoxy) is 1. The standard InChI is InChI=1S/C16H27N3O2/c1-3-21-15-10-13(4-5-14(15)20)11-16(2,12-17)19-8-6-18-7-9-19/h4-5,10,18,20H,3,6-9,11-12,17H2,1-2H3. The van der Waals surface area contributed by atoms with Crippen LogP contribution in [-0.4, -0.2) is 54.9 Å². The summed E-state index contributed by atoms with van der Waals surface area (Å²) < 4.78 is 5.47. The predicted octanol–water partition coefficient (Wildman–Crippen LogP) is 0.956. The van der Waals surface area contributed by atoms with Crippen LogP contribution in [0, 0.1) is 0 Å². The zero-order valence-electron chi connectivity index (χ0n) is 13.1. The van der Waals surface area contributed by atoms with Gasteiger partial charge in [0.25, 0.3) is 0 Å². The van der Waals surface area contributed by atoms with Crippen molar-refractivity contribution in [2.45, 2.75) is 25.8 Å². The molecule has 1 unspecified atom stereocenters. The first-order chi connectivity index (χ1) is 10.1. The molecule has 0 saturated carbocycles. The highest BCUT2D eigenvalue weighted by molar-refractivity contribution is 5.42. The predicted molar refractivity (Wildman–Crippen MR) is 84.9 cm³/mol. The molecule has 0 bridgehead atoms. The summed E-state index contributed by atoms with van der Waals surface area (Å²) >= 11 is 0. The number of benzene rings is 1. The fourth-order valence-electron chi connectivity index (χ4n) is 2.90. The monoisotopic (exact) mass is 293 g/mol. The molecule has 1 heterocycles. The molecule has 21 heavy (non-hydrogen) atoms. The maximum absolute atomic E-state index is 9.80. The zero-order chi connectivity index (χ0) is 15.3. The molecular weight excluding hydrogens is 266 g/mol. The summed E-state index contributed by atoms with van der Waals surface area (Å²) in [5.41, 5.74) is 7.14. The lowest BCUT2D eigenvalue weighted by molar-refractivity contribution is 0.0945. The van der Waals surface area contributed by atoms with Crippen molar-refractivity contribution in [3.05, 3.63) is 23.8 Å². The minimum absolute atomic E-state index is 0.0669. The van der Waals surface area contributed by atoms with E-state index in [0.29, 0.717) is 18.9 Å². The Morgan fingerprint density at radius 3 is 2.71 bits per heavy atom. The first-order valence-electron chi connectivity index (χ1n) is 7.69. The molecule has 1 aliphatic heterocycles. The largest absolute Gasteiger partial charge is 0.504 e. The van der Waals surface area contributed by atoms with E-state index in [1.165, 1.54) is 0 Å². The van der Waals surface area contributed by atoms with Gasteiger partial charge in [0.2, 0.25) is 0 Å². The fourth-order valence-corrected chi connectivity index (χ4v) is 2.90. The van der Waals surface area contributed by atoms with Crippen molar-refractivity contribution in [3.8, 4) is 11.5 Å². The van der Waals surface area contributed by atoms with Crippen LogP contribution in [0.1, 0.15) is 19.4 Å². The Balaban J connectivity index is 2.15. The zero-order valence-corrected chi connectivity index (χ0v) is 13.1. The lowest BCUT2D eigenvalue weighted by atomic mass is 9.90. The second-order valence-electron chi connectivity index (χ2n) is 5.85. The molecule has 1 aromatic rings. The van der Waals surface area contributed by atoms with Gasteiger partial charge in [-0.25, -0.2) is 0 Å². The van der Waals surface area contributed by atoms with E-state index in [1.807, 2.05) is 19.1 Å². The molecule has 2 rings (SSSR count). The molecular formula is C16H27N3O2. The third-order valence-electron chi connectivity index (χ3n) is 4.23. The Morgan fingerprint density at radius 1 is 1.38 bits per heavy atom. The van der Waals surface area contributed by atoms with E-state index in [4.69, 9.17) is 10.5 Å². The van der Waals surface area contributed by atoms with Crippen LogP contribution in [-0.2, 0) is 6.42 Å². The maximum Gasteiger partial charge on any atom is 0.161 e. The molecule has 0 radical (unpaired) electrons. The number of phenols is 1. The molecule has 0 aromatic heterocycles. The average Bonchev–Trinajstić information content (AvgIpc) is 2.51. The highest BCUT2D eigenvalue weighted by Crippen LogP contribution is 2.29. The van der Waals surface area contributed by atoms with Gasteiger partial charge < -0.3 is 20.9 Å². The van der Waals surface area contributed by atoms with Crippen LogP contribution in [0.25, 0.3) is 0 Å². The van der Waals surface area contributed by atoms with Crippen LogP contribution in [0.3, 0.4) is 0 Å². The van der Waals surface area contributed by atoms with Crippen molar-refractivity contribution in [1.29, 1.82) is 0 Å². The van der Waals surface area contributed by atoms with Gasteiger partial charge in [0, 0.05) is 38.3 Å². The number of hydrogen-bond acceptors (Lipinski definition) is 5. The molecule has 0 spiro atoms. The molecule has 1 fully saturated rings. The summed E-state index contributed by atoms with van der Waals surface area (Å²) in [5, 5.41) is 13.2. The Bertz CT molecular complexity index is 461. The smallest absolute Gasteiger partial charge is 0.161 e. The van der Waals surface area contributed by atoms with Crippen molar-refractivity contribution >= 4 is 0 Å². The van der Waals surface area contributed by atoms with Gasteiger partial charge in [0.05, 0.1) is 6.61 Å². The van der Waals surface area contributed by atoms with Gasteiger partial charge >= 0.3 is 0 Å². The molecule has 5 heteroatoms. The van der Waals surface area contributed by atoms with Gasteiger partial charge in [-0.3, -0.25) is 4.90 Å². The highest BCUT2D eigenvalue weighted by atomic mass is 16.5. The van der Waals surface area contributed by atoms with Gasteiger partial charge in [-0.1, -0.05) is 6.07 Å². The van der Waals surface area contributed by atoms with Crippen molar-refractivity contribution in [2.75, 3.05) is 39.3 Å². The van der Waals surface area contributed by atoms with Crippen LogP contribution in [0.2, 0.25) is 0 Å². The third-order valence-corrected chi connectivity index (χ3v) is 4.23. The molecule has 5 nitrogen and oxygen atoms in total. The van der Waals surface area contributed by atoms with Gasteiger partial charge in [-0.15, -0.1) is 0 Å². The van der Waals surface area contributed by atoms with Crippen molar-refractivity contribution < 1.29 is 9.84 Å². The molecule has 0 amide bonds. The average molecular weight is 293 g/mol. The van der Waals surface area contributed by atoms with E-state index in [2.05, 4.69) is 17.1 Å². The third kappa shape index (κ3) is 3.87. The van der Waals surface area contributed by atoms with Crippen molar-refractivity contribution in [3.63, 3.8) is 0 Å². The van der Waals surface area contributed by atoms with Crippen molar-refractivity contribution in [2.24, 2.45) is 5.73 Å². The number of aromatic hydroxyl groups is 1. The summed E-state index contributed by atoms with van der Waals surface area (Å²) in [6.45, 7) is 9.34. The first-order valence-corrected chi connectivity index (χ1v) is 7.69. The highest BCUT2D eigenvalue weighted by Gasteiger charge is 2.31. The molecule has 1 saturated heterocycles. The number of phenolic OH excluding ortho intramolecular Hbond substituents is 1. The molecule has 118 valence electrons. The molecule has 1 aliphatic rings. The van der Waals surface area contributed by atoms with Crippen LogP contribution in [0.15, 0.2) is 18.2 Å². The Labute approximate surface area is 127 Å². The Hall–Kier alpha value is -1.30. The fraction of sp³-hybridized carbons (Fsp3) is 0.625. The number of hydrogen-bond donors (Lipinski definition) is 3.